The van der Waals surface area contributed by atoms with E-state index in [9.17, 15) is 4.79 Å². The molecule has 1 aliphatic rings. The maximum Gasteiger partial charge on any atom is 0.262 e. The summed E-state index contributed by atoms with van der Waals surface area (Å²) < 4.78 is 6.47. The highest BCUT2D eigenvalue weighted by Gasteiger charge is 2.27. The molecule has 0 aromatic heterocycles. The monoisotopic (exact) mass is 345 g/mol. The average molecular weight is 346 g/mol. The number of carbonyl (C=O) groups is 1. The molecule has 0 unspecified atom stereocenters. The number of halogens is 1. The summed E-state index contributed by atoms with van der Waals surface area (Å²) in [5.41, 5.74) is 2.83. The van der Waals surface area contributed by atoms with Gasteiger partial charge in [-0.25, -0.2) is 0 Å². The van der Waals surface area contributed by atoms with Gasteiger partial charge in [0.25, 0.3) is 5.91 Å². The molecule has 0 bridgehead atoms. The highest BCUT2D eigenvalue weighted by atomic mass is 79.9. The van der Waals surface area contributed by atoms with E-state index in [1.165, 1.54) is 5.56 Å². The minimum atomic E-state index is -0.00954. The molecule has 3 rings (SSSR count). The summed E-state index contributed by atoms with van der Waals surface area (Å²) in [6, 6.07) is 13.6. The number of nitrogens with zero attached hydrogens (tertiary/aromatic N) is 1. The van der Waals surface area contributed by atoms with Gasteiger partial charge in [-0.2, -0.15) is 0 Å². The van der Waals surface area contributed by atoms with Gasteiger partial charge < -0.3 is 9.64 Å². The summed E-state index contributed by atoms with van der Waals surface area (Å²) in [6.45, 7) is 3.18. The molecule has 2 aromatic carbocycles. The first kappa shape index (κ1) is 14.1. The highest BCUT2D eigenvalue weighted by Crippen LogP contribution is 2.32. The number of fused-ring (bicyclic) bond motifs is 1. The van der Waals surface area contributed by atoms with Gasteiger partial charge in [0, 0.05) is 16.7 Å². The zero-order chi connectivity index (χ0) is 14.8. The van der Waals surface area contributed by atoms with Crippen LogP contribution in [-0.2, 0) is 6.42 Å². The molecule has 0 saturated heterocycles. The van der Waals surface area contributed by atoms with Crippen LogP contribution < -0.4 is 9.64 Å². The minimum absolute atomic E-state index is 0.00954. The van der Waals surface area contributed by atoms with Crippen LogP contribution in [0.15, 0.2) is 46.9 Å². The molecule has 108 valence electrons. The van der Waals surface area contributed by atoms with Gasteiger partial charge >= 0.3 is 0 Å². The van der Waals surface area contributed by atoms with Crippen molar-refractivity contribution in [3.05, 3.63) is 58.1 Å². The van der Waals surface area contributed by atoms with Crippen molar-refractivity contribution in [1.82, 2.24) is 0 Å². The summed E-state index contributed by atoms with van der Waals surface area (Å²) in [5, 5.41) is 0. The zero-order valence-corrected chi connectivity index (χ0v) is 13.4. The number of rotatable bonds is 3. The lowest BCUT2D eigenvalue weighted by Gasteiger charge is -2.19. The van der Waals surface area contributed by atoms with Gasteiger partial charge in [-0.15, -0.1) is 0 Å². The van der Waals surface area contributed by atoms with E-state index in [-0.39, 0.29) is 5.91 Å². The largest absolute Gasteiger partial charge is 0.493 e. The second-order valence-corrected chi connectivity index (χ2v) is 5.82. The number of hydrogen-bond acceptors (Lipinski definition) is 2. The predicted octanol–water partition coefficient (Wildman–Crippen LogP) is 4.05. The smallest absolute Gasteiger partial charge is 0.262 e. The molecule has 1 amide bonds. The quantitative estimate of drug-likeness (QED) is 0.839. The molecule has 0 radical (unpaired) electrons. The second kappa shape index (κ2) is 5.90. The van der Waals surface area contributed by atoms with Gasteiger partial charge in [-0.3, -0.25) is 4.79 Å². The van der Waals surface area contributed by atoms with Gasteiger partial charge in [-0.05, 0) is 43.2 Å². The van der Waals surface area contributed by atoms with Crippen molar-refractivity contribution in [2.24, 2.45) is 0 Å². The fraction of sp³-hybridized carbons (Fsp3) is 0.235. The van der Waals surface area contributed by atoms with Crippen molar-refractivity contribution in [2.75, 3.05) is 18.1 Å². The normalized spacial score (nSPS) is 13.1. The van der Waals surface area contributed by atoms with Crippen LogP contribution in [0.5, 0.6) is 5.75 Å². The molecule has 0 atom stereocenters. The van der Waals surface area contributed by atoms with Crippen molar-refractivity contribution in [1.29, 1.82) is 0 Å². The van der Waals surface area contributed by atoms with Crippen LogP contribution in [0.4, 0.5) is 5.69 Å². The van der Waals surface area contributed by atoms with E-state index in [0.29, 0.717) is 17.9 Å². The van der Waals surface area contributed by atoms with Crippen molar-refractivity contribution >= 4 is 27.5 Å². The van der Waals surface area contributed by atoms with Gasteiger partial charge in [0.1, 0.15) is 5.75 Å². The summed E-state index contributed by atoms with van der Waals surface area (Å²) in [5.74, 6) is 0.625. The first-order valence-electron chi connectivity index (χ1n) is 7.03. The van der Waals surface area contributed by atoms with E-state index in [0.717, 1.165) is 23.1 Å². The lowest BCUT2D eigenvalue weighted by atomic mass is 10.1. The summed E-state index contributed by atoms with van der Waals surface area (Å²) in [6.07, 6.45) is 0.903. The average Bonchev–Trinajstić information content (AvgIpc) is 2.92. The molecule has 0 N–H and O–H groups in total. The molecule has 4 heteroatoms. The summed E-state index contributed by atoms with van der Waals surface area (Å²) in [4.78, 5) is 14.7. The number of ether oxygens (including phenoxy) is 1. The van der Waals surface area contributed by atoms with E-state index in [2.05, 4.69) is 22.0 Å². The topological polar surface area (TPSA) is 29.5 Å². The van der Waals surface area contributed by atoms with Crippen LogP contribution in [0.2, 0.25) is 0 Å². The van der Waals surface area contributed by atoms with E-state index in [1.54, 1.807) is 0 Å². The van der Waals surface area contributed by atoms with E-state index in [4.69, 9.17) is 4.74 Å². The van der Waals surface area contributed by atoms with Crippen LogP contribution in [0, 0.1) is 0 Å². The Kier molecular flexibility index (Phi) is 3.97. The van der Waals surface area contributed by atoms with Gasteiger partial charge in [0.2, 0.25) is 0 Å². The lowest BCUT2D eigenvalue weighted by Crippen LogP contribution is -2.29. The molecule has 3 nitrogen and oxygen atoms in total. The molecular weight excluding hydrogens is 330 g/mol. The second-order valence-electron chi connectivity index (χ2n) is 4.91. The Morgan fingerprint density at radius 1 is 1.29 bits per heavy atom. The van der Waals surface area contributed by atoms with Crippen molar-refractivity contribution in [3.8, 4) is 5.75 Å². The predicted molar refractivity (Wildman–Crippen MR) is 87.1 cm³/mol. The molecule has 0 saturated carbocycles. The SMILES string of the molecule is CCOc1ccc(Br)cc1C(=O)N1CCc2ccccc21. The molecule has 0 aliphatic carbocycles. The Balaban J connectivity index is 1.98. The molecular formula is C17H16BrNO2. The third-order valence-corrected chi connectivity index (χ3v) is 4.10. The molecule has 1 aliphatic heterocycles. The first-order chi connectivity index (χ1) is 10.2. The van der Waals surface area contributed by atoms with Crippen molar-refractivity contribution < 1.29 is 9.53 Å². The number of benzene rings is 2. The van der Waals surface area contributed by atoms with Crippen molar-refractivity contribution in [3.63, 3.8) is 0 Å². The molecule has 21 heavy (non-hydrogen) atoms. The van der Waals surface area contributed by atoms with E-state index >= 15 is 0 Å². The zero-order valence-electron chi connectivity index (χ0n) is 11.8. The third kappa shape index (κ3) is 2.68. The number of para-hydroxylation sites is 1. The van der Waals surface area contributed by atoms with Crippen LogP contribution in [0.1, 0.15) is 22.8 Å². The fourth-order valence-electron chi connectivity index (χ4n) is 2.65. The summed E-state index contributed by atoms with van der Waals surface area (Å²) >= 11 is 3.43. The van der Waals surface area contributed by atoms with Gasteiger partial charge in [0.05, 0.1) is 12.2 Å². The minimum Gasteiger partial charge on any atom is -0.493 e. The molecule has 0 fully saturated rings. The molecule has 1 heterocycles. The summed E-state index contributed by atoms with van der Waals surface area (Å²) in [7, 11) is 0. The highest BCUT2D eigenvalue weighted by molar-refractivity contribution is 9.10. The Morgan fingerprint density at radius 2 is 2.10 bits per heavy atom. The van der Waals surface area contributed by atoms with Crippen molar-refractivity contribution in [2.45, 2.75) is 13.3 Å². The number of hydrogen-bond donors (Lipinski definition) is 0. The van der Waals surface area contributed by atoms with Crippen LogP contribution in [0.3, 0.4) is 0 Å². The Bertz CT molecular complexity index is 684. The Labute approximate surface area is 132 Å². The maximum absolute atomic E-state index is 12.9. The van der Waals surface area contributed by atoms with E-state index in [1.807, 2.05) is 48.2 Å². The standard InChI is InChI=1S/C17H16BrNO2/c1-2-21-16-8-7-13(18)11-14(16)17(20)19-10-9-12-5-3-4-6-15(12)19/h3-8,11H,2,9-10H2,1H3. The molecule has 0 spiro atoms. The Morgan fingerprint density at radius 3 is 2.90 bits per heavy atom. The first-order valence-corrected chi connectivity index (χ1v) is 7.82. The third-order valence-electron chi connectivity index (χ3n) is 3.60. The number of carbonyl (C=O) groups excluding carboxylic acids is 1. The van der Waals surface area contributed by atoms with E-state index < -0.39 is 0 Å². The van der Waals surface area contributed by atoms with Crippen LogP contribution >= 0.6 is 15.9 Å². The van der Waals surface area contributed by atoms with Gasteiger partial charge in [-0.1, -0.05) is 34.1 Å². The van der Waals surface area contributed by atoms with Gasteiger partial charge in [0.15, 0.2) is 0 Å². The maximum atomic E-state index is 12.9. The number of anilines is 1. The van der Waals surface area contributed by atoms with Crippen LogP contribution in [-0.4, -0.2) is 19.1 Å². The van der Waals surface area contributed by atoms with Crippen LogP contribution in [0.25, 0.3) is 0 Å². The fourth-order valence-corrected chi connectivity index (χ4v) is 3.01. The molecule has 2 aromatic rings. The number of amides is 1. The lowest BCUT2D eigenvalue weighted by molar-refractivity contribution is 0.0985. The Hall–Kier alpha value is -1.81.